The summed E-state index contributed by atoms with van der Waals surface area (Å²) in [6, 6.07) is 16.1. The van der Waals surface area contributed by atoms with E-state index in [4.69, 9.17) is 0 Å². The molecule has 2 aromatic carbocycles. The molecular formula is C19H19NO. The summed E-state index contributed by atoms with van der Waals surface area (Å²) < 4.78 is 0. The van der Waals surface area contributed by atoms with Crippen LogP contribution >= 0.6 is 0 Å². The number of para-hydroxylation sites is 1. The number of fused-ring (bicyclic) bond motifs is 1. The van der Waals surface area contributed by atoms with Crippen molar-refractivity contribution in [1.29, 1.82) is 0 Å². The zero-order chi connectivity index (χ0) is 15.0. The first kappa shape index (κ1) is 13.8. The smallest absolute Gasteiger partial charge is 0.114 e. The summed E-state index contributed by atoms with van der Waals surface area (Å²) in [6.45, 7) is 5.90. The number of aryl methyl sites for hydroxylation is 2. The summed E-state index contributed by atoms with van der Waals surface area (Å²) in [6.07, 6.45) is 1.77. The van der Waals surface area contributed by atoms with E-state index in [-0.39, 0.29) is 0 Å². The molecule has 1 heterocycles. The molecule has 0 aliphatic rings. The zero-order valence-corrected chi connectivity index (χ0v) is 12.6. The number of nitrogens with zero attached hydrogens (tertiary/aromatic N) is 1. The van der Waals surface area contributed by atoms with Gasteiger partial charge in [0.25, 0.3) is 0 Å². The first-order valence-electron chi connectivity index (χ1n) is 7.14. The molecule has 1 unspecified atom stereocenters. The maximum Gasteiger partial charge on any atom is 0.114 e. The first-order valence-corrected chi connectivity index (χ1v) is 7.14. The van der Waals surface area contributed by atoms with E-state index in [1.54, 1.807) is 6.20 Å². The minimum absolute atomic E-state index is 0.815. The molecule has 21 heavy (non-hydrogen) atoms. The van der Waals surface area contributed by atoms with E-state index in [1.165, 1.54) is 0 Å². The maximum absolute atomic E-state index is 11.1. The van der Waals surface area contributed by atoms with Crippen molar-refractivity contribution in [2.75, 3.05) is 0 Å². The molecule has 0 aliphatic heterocycles. The highest BCUT2D eigenvalue weighted by molar-refractivity contribution is 5.79. The first-order chi connectivity index (χ1) is 9.98. The van der Waals surface area contributed by atoms with Crippen LogP contribution in [0.1, 0.15) is 29.2 Å². The van der Waals surface area contributed by atoms with Gasteiger partial charge in [0, 0.05) is 17.1 Å². The van der Waals surface area contributed by atoms with Gasteiger partial charge in [-0.1, -0.05) is 42.0 Å². The van der Waals surface area contributed by atoms with E-state index in [0.29, 0.717) is 0 Å². The molecule has 0 aliphatic carbocycles. The third-order valence-electron chi connectivity index (χ3n) is 4.07. The van der Waals surface area contributed by atoms with Crippen molar-refractivity contribution in [2.24, 2.45) is 0 Å². The Morgan fingerprint density at radius 1 is 1.00 bits per heavy atom. The van der Waals surface area contributed by atoms with E-state index in [9.17, 15) is 5.11 Å². The van der Waals surface area contributed by atoms with Gasteiger partial charge in [-0.05, 0) is 44.0 Å². The molecule has 0 spiro atoms. The van der Waals surface area contributed by atoms with Gasteiger partial charge < -0.3 is 5.11 Å². The lowest BCUT2D eigenvalue weighted by Crippen LogP contribution is -2.24. The molecule has 106 valence electrons. The molecule has 0 fully saturated rings. The fraction of sp³-hybridized carbons (Fsp3) is 0.211. The minimum atomic E-state index is -1.05. The molecule has 0 radical (unpaired) electrons. The van der Waals surface area contributed by atoms with Crippen LogP contribution in [0, 0.1) is 13.8 Å². The van der Waals surface area contributed by atoms with Crippen LogP contribution in [0.3, 0.4) is 0 Å². The molecule has 3 aromatic rings. The van der Waals surface area contributed by atoms with Crippen LogP contribution in [0.15, 0.2) is 54.7 Å². The molecule has 0 saturated heterocycles. The molecular weight excluding hydrogens is 258 g/mol. The zero-order valence-electron chi connectivity index (χ0n) is 12.6. The Labute approximate surface area is 125 Å². The van der Waals surface area contributed by atoms with Crippen molar-refractivity contribution in [3.8, 4) is 0 Å². The second-order valence-corrected chi connectivity index (χ2v) is 5.81. The number of aromatic nitrogens is 1. The summed E-state index contributed by atoms with van der Waals surface area (Å²) in [4.78, 5) is 4.47. The van der Waals surface area contributed by atoms with Gasteiger partial charge in [0.05, 0.1) is 5.52 Å². The second-order valence-electron chi connectivity index (χ2n) is 5.81. The molecule has 2 heteroatoms. The lowest BCUT2D eigenvalue weighted by Gasteiger charge is -2.26. The number of aliphatic hydroxyl groups is 1. The van der Waals surface area contributed by atoms with Gasteiger partial charge in [0.1, 0.15) is 5.60 Å². The van der Waals surface area contributed by atoms with Gasteiger partial charge >= 0.3 is 0 Å². The van der Waals surface area contributed by atoms with E-state index in [1.807, 2.05) is 63.2 Å². The maximum atomic E-state index is 11.1. The van der Waals surface area contributed by atoms with E-state index < -0.39 is 5.60 Å². The monoisotopic (exact) mass is 277 g/mol. The van der Waals surface area contributed by atoms with Crippen molar-refractivity contribution in [2.45, 2.75) is 26.4 Å². The van der Waals surface area contributed by atoms with Crippen molar-refractivity contribution in [1.82, 2.24) is 4.98 Å². The highest BCUT2D eigenvalue weighted by Crippen LogP contribution is 2.32. The van der Waals surface area contributed by atoms with Crippen molar-refractivity contribution in [3.05, 3.63) is 77.0 Å². The van der Waals surface area contributed by atoms with E-state index in [2.05, 4.69) is 11.1 Å². The van der Waals surface area contributed by atoms with E-state index >= 15 is 0 Å². The molecule has 3 rings (SSSR count). The number of hydrogen-bond acceptors (Lipinski definition) is 2. The normalized spacial score (nSPS) is 14.1. The SMILES string of the molecule is Cc1ccc(C)c(C(C)(O)c2cnc3ccccc3c2)c1. The van der Waals surface area contributed by atoms with Crippen LogP contribution in [-0.2, 0) is 5.60 Å². The lowest BCUT2D eigenvalue weighted by molar-refractivity contribution is 0.101. The van der Waals surface area contributed by atoms with Crippen molar-refractivity contribution in [3.63, 3.8) is 0 Å². The largest absolute Gasteiger partial charge is 0.381 e. The van der Waals surface area contributed by atoms with Crippen LogP contribution in [0.4, 0.5) is 0 Å². The van der Waals surface area contributed by atoms with Crippen molar-refractivity contribution < 1.29 is 5.11 Å². The Kier molecular flexibility index (Phi) is 3.26. The van der Waals surface area contributed by atoms with Gasteiger partial charge in [-0.2, -0.15) is 0 Å². The molecule has 1 N–H and O–H groups in total. The summed E-state index contributed by atoms with van der Waals surface area (Å²) in [5.41, 5.74) is 3.86. The lowest BCUT2D eigenvalue weighted by atomic mass is 9.85. The van der Waals surface area contributed by atoms with Crippen LogP contribution in [0.2, 0.25) is 0 Å². The Morgan fingerprint density at radius 3 is 2.57 bits per heavy atom. The minimum Gasteiger partial charge on any atom is -0.381 e. The predicted molar refractivity (Wildman–Crippen MR) is 86.3 cm³/mol. The van der Waals surface area contributed by atoms with Gasteiger partial charge in [0.2, 0.25) is 0 Å². The Bertz CT molecular complexity index is 806. The average Bonchev–Trinajstić information content (AvgIpc) is 2.49. The van der Waals surface area contributed by atoms with Crippen LogP contribution in [-0.4, -0.2) is 10.1 Å². The Morgan fingerprint density at radius 2 is 1.76 bits per heavy atom. The Balaban J connectivity index is 2.17. The van der Waals surface area contributed by atoms with Gasteiger partial charge in [-0.25, -0.2) is 0 Å². The van der Waals surface area contributed by atoms with Crippen LogP contribution < -0.4 is 0 Å². The van der Waals surface area contributed by atoms with E-state index in [0.717, 1.165) is 33.2 Å². The van der Waals surface area contributed by atoms with Crippen LogP contribution in [0.25, 0.3) is 10.9 Å². The summed E-state index contributed by atoms with van der Waals surface area (Å²) >= 11 is 0. The van der Waals surface area contributed by atoms with Gasteiger partial charge in [-0.15, -0.1) is 0 Å². The molecule has 0 amide bonds. The standard InChI is InChI=1S/C19H19NO/c1-13-8-9-14(2)17(10-13)19(3,21)16-11-15-6-4-5-7-18(15)20-12-16/h4-12,21H,1-3H3. The number of hydrogen-bond donors (Lipinski definition) is 1. The average molecular weight is 277 g/mol. The summed E-state index contributed by atoms with van der Waals surface area (Å²) in [5.74, 6) is 0. The van der Waals surface area contributed by atoms with Gasteiger partial charge in [0.15, 0.2) is 0 Å². The highest BCUT2D eigenvalue weighted by atomic mass is 16.3. The third kappa shape index (κ3) is 2.43. The molecule has 1 atom stereocenters. The fourth-order valence-corrected chi connectivity index (χ4v) is 2.75. The quantitative estimate of drug-likeness (QED) is 0.764. The Hall–Kier alpha value is -2.19. The number of benzene rings is 2. The van der Waals surface area contributed by atoms with Crippen LogP contribution in [0.5, 0.6) is 0 Å². The molecule has 2 nitrogen and oxygen atoms in total. The number of rotatable bonds is 2. The molecule has 0 saturated carbocycles. The van der Waals surface area contributed by atoms with Gasteiger partial charge in [-0.3, -0.25) is 4.98 Å². The summed E-state index contributed by atoms with van der Waals surface area (Å²) in [7, 11) is 0. The fourth-order valence-electron chi connectivity index (χ4n) is 2.75. The topological polar surface area (TPSA) is 33.1 Å². The summed E-state index contributed by atoms with van der Waals surface area (Å²) in [5, 5.41) is 12.1. The van der Waals surface area contributed by atoms with Crippen molar-refractivity contribution >= 4 is 10.9 Å². The highest BCUT2D eigenvalue weighted by Gasteiger charge is 2.28. The number of pyridine rings is 1. The molecule has 1 aromatic heterocycles. The third-order valence-corrected chi connectivity index (χ3v) is 4.07. The molecule has 0 bridgehead atoms. The second kappa shape index (κ2) is 4.97. The predicted octanol–water partition coefficient (Wildman–Crippen LogP) is 4.11.